The summed E-state index contributed by atoms with van der Waals surface area (Å²) in [4.78, 5) is 27.7. The van der Waals surface area contributed by atoms with Crippen molar-refractivity contribution in [3.63, 3.8) is 0 Å². The van der Waals surface area contributed by atoms with Gasteiger partial charge in [0.1, 0.15) is 5.75 Å². The fourth-order valence-corrected chi connectivity index (χ4v) is 3.54. The summed E-state index contributed by atoms with van der Waals surface area (Å²) in [6.45, 7) is 6.05. The van der Waals surface area contributed by atoms with Crippen LogP contribution in [-0.4, -0.2) is 39.3 Å². The number of rotatable bonds is 8. The predicted molar refractivity (Wildman–Crippen MR) is 122 cm³/mol. The van der Waals surface area contributed by atoms with Crippen molar-refractivity contribution in [1.82, 2.24) is 0 Å². The van der Waals surface area contributed by atoms with Gasteiger partial charge in [0.2, 0.25) is 0 Å². The lowest BCUT2D eigenvalue weighted by atomic mass is 10.0. The standard InChI is InChI=1S/C25H27NO6/c1-6-31-21-13-8-17(15-22(21)30-5)14-20-23(25(28)32-7-2)16(3)26(24(20)27)18-9-11-19(29-4)12-10-18/h8-15H,6-7H2,1-5H3/b20-14-. The Morgan fingerprint density at radius 2 is 1.69 bits per heavy atom. The number of benzene rings is 2. The Bertz CT molecular complexity index is 1070. The first kappa shape index (κ1) is 22.9. The second-order valence-electron chi connectivity index (χ2n) is 6.92. The van der Waals surface area contributed by atoms with Crippen molar-refractivity contribution in [1.29, 1.82) is 0 Å². The SMILES string of the molecule is CCOC(=O)C1=C(C)N(c2ccc(OC)cc2)C(=O)/C1=C\c1ccc(OCC)c(OC)c1. The van der Waals surface area contributed by atoms with Gasteiger partial charge in [0, 0.05) is 11.4 Å². The molecule has 0 saturated heterocycles. The van der Waals surface area contributed by atoms with Crippen molar-refractivity contribution in [2.75, 3.05) is 32.3 Å². The molecule has 0 atom stereocenters. The molecule has 7 heteroatoms. The molecule has 0 saturated carbocycles. The lowest BCUT2D eigenvalue weighted by molar-refractivity contribution is -0.138. The van der Waals surface area contributed by atoms with Crippen LogP contribution in [0.1, 0.15) is 26.3 Å². The van der Waals surface area contributed by atoms with E-state index in [4.69, 9.17) is 18.9 Å². The van der Waals surface area contributed by atoms with Gasteiger partial charge in [0.15, 0.2) is 11.5 Å². The zero-order valence-electron chi connectivity index (χ0n) is 18.9. The van der Waals surface area contributed by atoms with Crippen molar-refractivity contribution >= 4 is 23.6 Å². The lowest BCUT2D eigenvalue weighted by Gasteiger charge is -2.18. The smallest absolute Gasteiger partial charge is 0.340 e. The van der Waals surface area contributed by atoms with Gasteiger partial charge in [-0.05, 0) is 68.8 Å². The van der Waals surface area contributed by atoms with Gasteiger partial charge in [-0.2, -0.15) is 0 Å². The minimum Gasteiger partial charge on any atom is -0.497 e. The van der Waals surface area contributed by atoms with E-state index in [1.807, 2.05) is 13.0 Å². The summed E-state index contributed by atoms with van der Waals surface area (Å²) >= 11 is 0. The molecule has 3 rings (SSSR count). The van der Waals surface area contributed by atoms with E-state index in [2.05, 4.69) is 0 Å². The van der Waals surface area contributed by atoms with E-state index in [1.54, 1.807) is 70.5 Å². The highest BCUT2D eigenvalue weighted by Gasteiger charge is 2.38. The second-order valence-corrected chi connectivity index (χ2v) is 6.92. The topological polar surface area (TPSA) is 74.3 Å². The molecule has 7 nitrogen and oxygen atoms in total. The van der Waals surface area contributed by atoms with Crippen LogP contribution in [0.3, 0.4) is 0 Å². The van der Waals surface area contributed by atoms with Crippen LogP contribution in [0.5, 0.6) is 17.2 Å². The van der Waals surface area contributed by atoms with Crippen LogP contribution in [0, 0.1) is 0 Å². The van der Waals surface area contributed by atoms with Gasteiger partial charge in [-0.1, -0.05) is 6.07 Å². The Balaban J connectivity index is 2.09. The normalized spacial score (nSPS) is 14.7. The van der Waals surface area contributed by atoms with Crippen molar-refractivity contribution in [2.45, 2.75) is 20.8 Å². The van der Waals surface area contributed by atoms with Crippen molar-refractivity contribution < 1.29 is 28.5 Å². The average Bonchev–Trinajstić information content (AvgIpc) is 3.04. The van der Waals surface area contributed by atoms with E-state index < -0.39 is 5.97 Å². The number of nitrogens with zero attached hydrogens (tertiary/aromatic N) is 1. The zero-order valence-corrected chi connectivity index (χ0v) is 18.9. The fraction of sp³-hybridized carbons (Fsp3) is 0.280. The summed E-state index contributed by atoms with van der Waals surface area (Å²) in [6, 6.07) is 12.4. The number of allylic oxidation sites excluding steroid dienone is 1. The summed E-state index contributed by atoms with van der Waals surface area (Å²) in [5.74, 6) is 0.955. The van der Waals surface area contributed by atoms with Gasteiger partial charge >= 0.3 is 5.97 Å². The third-order valence-corrected chi connectivity index (χ3v) is 5.01. The van der Waals surface area contributed by atoms with Gasteiger partial charge in [0.25, 0.3) is 5.91 Å². The van der Waals surface area contributed by atoms with Crippen LogP contribution in [0.15, 0.2) is 59.3 Å². The third kappa shape index (κ3) is 4.46. The molecule has 1 amide bonds. The molecule has 1 aliphatic heterocycles. The second kappa shape index (κ2) is 10.0. The van der Waals surface area contributed by atoms with E-state index in [0.29, 0.717) is 40.8 Å². The predicted octanol–water partition coefficient (Wildman–Crippen LogP) is 4.37. The molecule has 1 heterocycles. The number of methoxy groups -OCH3 is 2. The molecule has 0 bridgehead atoms. The Morgan fingerprint density at radius 1 is 0.969 bits per heavy atom. The fourth-order valence-electron chi connectivity index (χ4n) is 3.54. The Labute approximate surface area is 187 Å². The van der Waals surface area contributed by atoms with Crippen LogP contribution in [-0.2, 0) is 14.3 Å². The first-order valence-electron chi connectivity index (χ1n) is 10.3. The molecular weight excluding hydrogens is 410 g/mol. The maximum absolute atomic E-state index is 13.4. The molecule has 0 spiro atoms. The van der Waals surface area contributed by atoms with Gasteiger partial charge in [-0.25, -0.2) is 4.79 Å². The molecule has 32 heavy (non-hydrogen) atoms. The molecule has 0 fully saturated rings. The first-order valence-corrected chi connectivity index (χ1v) is 10.3. The van der Waals surface area contributed by atoms with Gasteiger partial charge in [-0.3, -0.25) is 9.69 Å². The highest BCUT2D eigenvalue weighted by atomic mass is 16.5. The number of anilines is 1. The Kier molecular flexibility index (Phi) is 7.20. The quantitative estimate of drug-likeness (QED) is 0.451. The molecule has 0 aliphatic carbocycles. The highest BCUT2D eigenvalue weighted by Crippen LogP contribution is 2.37. The number of carbonyl (C=O) groups is 2. The molecule has 1 aliphatic rings. The van der Waals surface area contributed by atoms with Gasteiger partial charge in [0.05, 0.1) is 38.6 Å². The number of ether oxygens (including phenoxy) is 4. The molecule has 2 aromatic carbocycles. The number of esters is 1. The molecule has 0 radical (unpaired) electrons. The summed E-state index contributed by atoms with van der Waals surface area (Å²) in [5, 5.41) is 0. The summed E-state index contributed by atoms with van der Waals surface area (Å²) < 4.78 is 21.4. The molecule has 0 unspecified atom stereocenters. The lowest BCUT2D eigenvalue weighted by Crippen LogP contribution is -2.24. The maximum atomic E-state index is 13.4. The Morgan fingerprint density at radius 3 is 2.28 bits per heavy atom. The summed E-state index contributed by atoms with van der Waals surface area (Å²) in [6.07, 6.45) is 1.67. The number of hydrogen-bond acceptors (Lipinski definition) is 6. The molecule has 168 valence electrons. The minimum absolute atomic E-state index is 0.205. The van der Waals surface area contributed by atoms with Crippen molar-refractivity contribution in [3.8, 4) is 17.2 Å². The minimum atomic E-state index is -0.543. The molecule has 2 aromatic rings. The number of carbonyl (C=O) groups excluding carboxylic acids is 2. The molecule has 0 N–H and O–H groups in total. The van der Waals surface area contributed by atoms with Gasteiger partial charge in [-0.15, -0.1) is 0 Å². The van der Waals surface area contributed by atoms with Gasteiger partial charge < -0.3 is 18.9 Å². The van der Waals surface area contributed by atoms with Crippen molar-refractivity contribution in [2.24, 2.45) is 0 Å². The summed E-state index contributed by atoms with van der Waals surface area (Å²) in [7, 11) is 3.13. The first-order chi connectivity index (χ1) is 15.4. The van der Waals surface area contributed by atoms with Crippen molar-refractivity contribution in [3.05, 3.63) is 64.9 Å². The van der Waals surface area contributed by atoms with E-state index >= 15 is 0 Å². The summed E-state index contributed by atoms with van der Waals surface area (Å²) in [5.41, 5.74) is 2.31. The van der Waals surface area contributed by atoms with Crippen LogP contribution < -0.4 is 19.1 Å². The average molecular weight is 437 g/mol. The Hall–Kier alpha value is -3.74. The highest BCUT2D eigenvalue weighted by molar-refractivity contribution is 6.23. The largest absolute Gasteiger partial charge is 0.497 e. The number of amides is 1. The van der Waals surface area contributed by atoms with Crippen LogP contribution in [0.25, 0.3) is 6.08 Å². The monoisotopic (exact) mass is 437 g/mol. The zero-order chi connectivity index (χ0) is 23.3. The third-order valence-electron chi connectivity index (χ3n) is 5.01. The molecule has 0 aromatic heterocycles. The van der Waals surface area contributed by atoms with E-state index in [1.165, 1.54) is 4.90 Å². The maximum Gasteiger partial charge on any atom is 0.340 e. The van der Waals surface area contributed by atoms with Crippen LogP contribution >= 0.6 is 0 Å². The number of hydrogen-bond donors (Lipinski definition) is 0. The van der Waals surface area contributed by atoms with E-state index in [0.717, 1.165) is 0 Å². The van der Waals surface area contributed by atoms with E-state index in [9.17, 15) is 9.59 Å². The van der Waals surface area contributed by atoms with Crippen LogP contribution in [0.2, 0.25) is 0 Å². The van der Waals surface area contributed by atoms with E-state index in [-0.39, 0.29) is 23.7 Å². The molecular formula is C25H27NO6. The van der Waals surface area contributed by atoms with Crippen LogP contribution in [0.4, 0.5) is 5.69 Å².